The minimum Gasteiger partial charge on any atom is -0.349 e. The Hall–Kier alpha value is -3.54. The third-order valence-corrected chi connectivity index (χ3v) is 4.40. The molecule has 1 N–H and O–H groups in total. The van der Waals surface area contributed by atoms with Crippen molar-refractivity contribution in [1.29, 1.82) is 0 Å². The highest BCUT2D eigenvalue weighted by molar-refractivity contribution is 5.97. The van der Waals surface area contributed by atoms with Gasteiger partial charge in [0, 0.05) is 29.6 Å². The minimum absolute atomic E-state index is 0.00885. The van der Waals surface area contributed by atoms with Crippen LogP contribution in [0.4, 0.5) is 4.39 Å². The van der Waals surface area contributed by atoms with Gasteiger partial charge in [-0.25, -0.2) is 8.91 Å². The first-order chi connectivity index (χ1) is 13.5. The van der Waals surface area contributed by atoms with Gasteiger partial charge in [0.05, 0.1) is 5.52 Å². The minimum atomic E-state index is -0.310. The van der Waals surface area contributed by atoms with Crippen LogP contribution in [0.3, 0.4) is 0 Å². The Morgan fingerprint density at radius 2 is 1.71 bits per heavy atom. The second-order valence-electron chi connectivity index (χ2n) is 6.80. The Labute approximate surface area is 161 Å². The van der Waals surface area contributed by atoms with Gasteiger partial charge in [0.1, 0.15) is 17.2 Å². The lowest BCUT2D eigenvalue weighted by Crippen LogP contribution is -2.31. The Morgan fingerprint density at radius 1 is 1.00 bits per heavy atom. The van der Waals surface area contributed by atoms with Gasteiger partial charge in [-0.1, -0.05) is 6.07 Å². The zero-order valence-electron chi connectivity index (χ0n) is 15.6. The van der Waals surface area contributed by atoms with Gasteiger partial charge in [0.2, 0.25) is 0 Å². The second-order valence-corrected chi connectivity index (χ2v) is 6.80. The molecule has 1 aromatic carbocycles. The maximum Gasteiger partial charge on any atom is 0.270 e. The Kier molecular flexibility index (Phi) is 4.61. The number of halogens is 1. The molecule has 0 saturated carbocycles. The topological polar surface area (TPSA) is 59.3 Å². The number of hydrogen-bond acceptors (Lipinski definition) is 3. The van der Waals surface area contributed by atoms with Crippen LogP contribution in [-0.4, -0.2) is 26.5 Å². The van der Waals surface area contributed by atoms with Crippen LogP contribution in [0, 0.1) is 5.82 Å². The Balaban J connectivity index is 1.99. The molecule has 4 aromatic rings. The number of carbonyl (C=O) groups excluding carboxylic acids is 1. The molecule has 4 rings (SSSR count). The maximum absolute atomic E-state index is 13.4. The van der Waals surface area contributed by atoms with Gasteiger partial charge in [-0.15, -0.1) is 0 Å². The predicted octanol–water partition coefficient (Wildman–Crippen LogP) is 4.34. The molecule has 0 aliphatic heterocycles. The van der Waals surface area contributed by atoms with E-state index < -0.39 is 0 Å². The molecule has 0 saturated heterocycles. The van der Waals surface area contributed by atoms with E-state index in [0.717, 1.165) is 22.2 Å². The maximum atomic E-state index is 13.4. The van der Waals surface area contributed by atoms with E-state index in [4.69, 9.17) is 5.10 Å². The van der Waals surface area contributed by atoms with Crippen LogP contribution in [0.25, 0.3) is 27.9 Å². The van der Waals surface area contributed by atoms with Crippen molar-refractivity contribution in [2.24, 2.45) is 0 Å². The van der Waals surface area contributed by atoms with E-state index in [0.29, 0.717) is 11.4 Å². The van der Waals surface area contributed by atoms with E-state index in [2.05, 4.69) is 10.3 Å². The van der Waals surface area contributed by atoms with Crippen molar-refractivity contribution in [3.8, 4) is 22.4 Å². The van der Waals surface area contributed by atoms with Crippen molar-refractivity contribution in [3.63, 3.8) is 0 Å². The molecule has 0 unspecified atom stereocenters. The van der Waals surface area contributed by atoms with Gasteiger partial charge in [-0.05, 0) is 67.9 Å². The van der Waals surface area contributed by atoms with Crippen molar-refractivity contribution in [3.05, 3.63) is 78.5 Å². The fourth-order valence-electron chi connectivity index (χ4n) is 3.19. The van der Waals surface area contributed by atoms with Crippen molar-refractivity contribution in [2.45, 2.75) is 19.9 Å². The first-order valence-corrected chi connectivity index (χ1v) is 9.03. The summed E-state index contributed by atoms with van der Waals surface area (Å²) in [7, 11) is 0. The van der Waals surface area contributed by atoms with Gasteiger partial charge >= 0.3 is 0 Å². The third-order valence-electron chi connectivity index (χ3n) is 4.40. The van der Waals surface area contributed by atoms with E-state index in [1.54, 1.807) is 35.1 Å². The number of carbonyl (C=O) groups is 1. The summed E-state index contributed by atoms with van der Waals surface area (Å²) in [6, 6.07) is 15.5. The molecule has 0 fully saturated rings. The summed E-state index contributed by atoms with van der Waals surface area (Å²) < 4.78 is 15.1. The predicted molar refractivity (Wildman–Crippen MR) is 106 cm³/mol. The average Bonchev–Trinajstić information content (AvgIpc) is 3.08. The molecule has 0 spiro atoms. The zero-order valence-corrected chi connectivity index (χ0v) is 15.6. The number of pyridine rings is 2. The normalized spacial score (nSPS) is 11.1. The molecular weight excluding hydrogens is 355 g/mol. The van der Waals surface area contributed by atoms with Crippen LogP contribution in [0.5, 0.6) is 0 Å². The van der Waals surface area contributed by atoms with E-state index in [1.165, 1.54) is 12.1 Å². The van der Waals surface area contributed by atoms with Gasteiger partial charge in [-0.2, -0.15) is 5.10 Å². The highest BCUT2D eigenvalue weighted by atomic mass is 19.1. The first-order valence-electron chi connectivity index (χ1n) is 9.03. The van der Waals surface area contributed by atoms with Crippen molar-refractivity contribution >= 4 is 11.4 Å². The van der Waals surface area contributed by atoms with Crippen molar-refractivity contribution in [1.82, 2.24) is 19.9 Å². The van der Waals surface area contributed by atoms with Crippen LogP contribution in [0.2, 0.25) is 0 Å². The quantitative estimate of drug-likeness (QED) is 0.578. The largest absolute Gasteiger partial charge is 0.349 e. The lowest BCUT2D eigenvalue weighted by molar-refractivity contribution is 0.0935. The fraction of sp³-hybridized carbons (Fsp3) is 0.136. The number of benzene rings is 1. The van der Waals surface area contributed by atoms with Gasteiger partial charge in [0.15, 0.2) is 0 Å². The number of nitrogens with one attached hydrogen (secondary N) is 1. The highest BCUT2D eigenvalue weighted by Gasteiger charge is 2.20. The molecule has 6 heteroatoms. The summed E-state index contributed by atoms with van der Waals surface area (Å²) in [5.74, 6) is -0.509. The molecule has 0 bridgehead atoms. The van der Waals surface area contributed by atoms with E-state index >= 15 is 0 Å². The smallest absolute Gasteiger partial charge is 0.270 e. The molecule has 28 heavy (non-hydrogen) atoms. The van der Waals surface area contributed by atoms with Crippen molar-refractivity contribution < 1.29 is 9.18 Å². The first kappa shape index (κ1) is 17.9. The summed E-state index contributed by atoms with van der Waals surface area (Å²) in [4.78, 5) is 16.8. The number of amides is 1. The van der Waals surface area contributed by atoms with Gasteiger partial charge in [-0.3, -0.25) is 9.78 Å². The standard InChI is InChI=1S/C22H19FN4O/c1-14(2)25-22(28)19-5-3-4-18-20(15-10-12-24-13-11-15)21(26-27(18)19)16-6-8-17(23)9-7-16/h3-14H,1-2H3,(H,25,28). The van der Waals surface area contributed by atoms with Crippen LogP contribution < -0.4 is 5.32 Å². The Bertz CT molecular complexity index is 1130. The molecular formula is C22H19FN4O. The summed E-state index contributed by atoms with van der Waals surface area (Å²) in [6.45, 7) is 3.82. The van der Waals surface area contributed by atoms with Crippen LogP contribution >= 0.6 is 0 Å². The van der Waals surface area contributed by atoms with E-state index in [-0.39, 0.29) is 17.8 Å². The number of aromatic nitrogens is 3. The number of nitrogens with zero attached hydrogens (tertiary/aromatic N) is 3. The Morgan fingerprint density at radius 3 is 2.39 bits per heavy atom. The molecule has 3 aromatic heterocycles. The molecule has 0 atom stereocenters. The van der Waals surface area contributed by atoms with Crippen LogP contribution in [-0.2, 0) is 0 Å². The number of hydrogen-bond donors (Lipinski definition) is 1. The number of fused-ring (bicyclic) bond motifs is 1. The van der Waals surface area contributed by atoms with Gasteiger partial charge in [0.25, 0.3) is 5.91 Å². The molecule has 5 nitrogen and oxygen atoms in total. The fourth-order valence-corrected chi connectivity index (χ4v) is 3.19. The zero-order chi connectivity index (χ0) is 19.7. The van der Waals surface area contributed by atoms with Gasteiger partial charge < -0.3 is 5.32 Å². The molecule has 140 valence electrons. The second kappa shape index (κ2) is 7.23. The summed E-state index contributed by atoms with van der Waals surface area (Å²) in [5.41, 5.74) is 4.47. The molecule has 0 radical (unpaired) electrons. The monoisotopic (exact) mass is 374 g/mol. The molecule has 1 amide bonds. The lowest BCUT2D eigenvalue weighted by atomic mass is 10.0. The van der Waals surface area contributed by atoms with Crippen LogP contribution in [0.1, 0.15) is 24.3 Å². The van der Waals surface area contributed by atoms with Crippen LogP contribution in [0.15, 0.2) is 67.0 Å². The molecule has 3 heterocycles. The van der Waals surface area contributed by atoms with Crippen molar-refractivity contribution in [2.75, 3.05) is 0 Å². The average molecular weight is 374 g/mol. The highest BCUT2D eigenvalue weighted by Crippen LogP contribution is 2.35. The number of rotatable bonds is 4. The lowest BCUT2D eigenvalue weighted by Gasteiger charge is -2.09. The third kappa shape index (κ3) is 3.24. The SMILES string of the molecule is CC(C)NC(=O)c1cccc2c(-c3ccncc3)c(-c3ccc(F)cc3)nn12. The summed E-state index contributed by atoms with van der Waals surface area (Å²) >= 11 is 0. The van der Waals surface area contributed by atoms with E-state index in [9.17, 15) is 9.18 Å². The molecule has 0 aliphatic rings. The summed E-state index contributed by atoms with van der Waals surface area (Å²) in [5, 5.41) is 7.64. The summed E-state index contributed by atoms with van der Waals surface area (Å²) in [6.07, 6.45) is 3.42. The molecule has 0 aliphatic carbocycles. The van der Waals surface area contributed by atoms with E-state index in [1.807, 2.05) is 38.1 Å².